The summed E-state index contributed by atoms with van der Waals surface area (Å²) in [5.41, 5.74) is 0.817. The number of amides is 2. The quantitative estimate of drug-likeness (QED) is 0.414. The highest BCUT2D eigenvalue weighted by Gasteiger charge is 2.47. The van der Waals surface area contributed by atoms with Crippen molar-refractivity contribution in [2.24, 2.45) is 0 Å². The first-order chi connectivity index (χ1) is 15.7. The number of carbonyl (C=O) groups is 2. The molecule has 170 valence electrons. The maximum Gasteiger partial charge on any atom is 0.252 e. The van der Waals surface area contributed by atoms with Crippen molar-refractivity contribution >= 4 is 55.1 Å². The zero-order valence-electron chi connectivity index (χ0n) is 17.0. The van der Waals surface area contributed by atoms with Gasteiger partial charge in [0.2, 0.25) is 15.9 Å². The Labute approximate surface area is 203 Å². The van der Waals surface area contributed by atoms with E-state index in [1.54, 1.807) is 24.3 Å². The molecule has 3 aromatic rings. The lowest BCUT2D eigenvalue weighted by Gasteiger charge is -2.27. The number of hydrogen-bond donors (Lipinski definition) is 0. The summed E-state index contributed by atoms with van der Waals surface area (Å²) in [5, 5.41) is 0.354. The zero-order valence-corrected chi connectivity index (χ0v) is 20.1. The molecular weight excluding hydrogens is 535 g/mol. The molecule has 1 aliphatic rings. The number of sulfonamides is 1. The number of carbonyl (C=O) groups excluding carboxylic acids is 2. The molecule has 0 radical (unpaired) electrons. The van der Waals surface area contributed by atoms with E-state index in [0.717, 1.165) is 13.7 Å². The number of hydrogen-bond acceptors (Lipinski definition) is 4. The van der Waals surface area contributed by atoms with Gasteiger partial charge in [0.25, 0.3) is 5.91 Å². The monoisotopic (exact) mass is 550 g/mol. The van der Waals surface area contributed by atoms with Crippen LogP contribution in [-0.2, 0) is 26.2 Å². The molecule has 1 atom stereocenters. The Balaban J connectivity index is 1.74. The molecule has 10 heteroatoms. The van der Waals surface area contributed by atoms with Crippen LogP contribution in [0.15, 0.2) is 82.2 Å². The van der Waals surface area contributed by atoms with Gasteiger partial charge < -0.3 is 0 Å². The molecule has 4 rings (SSSR count). The predicted molar refractivity (Wildman–Crippen MR) is 126 cm³/mol. The van der Waals surface area contributed by atoms with Gasteiger partial charge in [0.1, 0.15) is 11.9 Å². The van der Waals surface area contributed by atoms with Gasteiger partial charge in [-0.15, -0.1) is 0 Å². The molecule has 0 bridgehead atoms. The average molecular weight is 552 g/mol. The standard InChI is InChI=1S/C23H17BrClFN2O4S/c24-16-3-9-19(10-4-16)28-22(29)13-21(23(28)30)27(14-15-1-7-18(26)8-2-15)33(31,32)20-11-5-17(25)6-12-20/h1-12,21H,13-14H2. The van der Waals surface area contributed by atoms with Crippen molar-refractivity contribution < 1.29 is 22.4 Å². The summed E-state index contributed by atoms with van der Waals surface area (Å²) in [5.74, 6) is -1.64. The summed E-state index contributed by atoms with van der Waals surface area (Å²) in [4.78, 5) is 27.0. The number of nitrogens with zero attached hydrogens (tertiary/aromatic N) is 2. The van der Waals surface area contributed by atoms with Gasteiger partial charge in [0.15, 0.2) is 0 Å². The third-order valence-electron chi connectivity index (χ3n) is 5.23. The molecule has 0 aromatic heterocycles. The van der Waals surface area contributed by atoms with Crippen LogP contribution in [0.1, 0.15) is 12.0 Å². The number of anilines is 1. The van der Waals surface area contributed by atoms with E-state index < -0.39 is 33.7 Å². The maximum absolute atomic E-state index is 13.6. The Morgan fingerprint density at radius 3 is 2.18 bits per heavy atom. The number of halogens is 3. The molecule has 1 saturated heterocycles. The second kappa shape index (κ2) is 9.34. The van der Waals surface area contributed by atoms with Crippen LogP contribution in [0, 0.1) is 5.82 Å². The maximum atomic E-state index is 13.6. The molecule has 2 amide bonds. The van der Waals surface area contributed by atoms with Crippen LogP contribution in [0.5, 0.6) is 0 Å². The van der Waals surface area contributed by atoms with Crippen LogP contribution in [-0.4, -0.2) is 30.6 Å². The van der Waals surface area contributed by atoms with Gasteiger partial charge in [-0.2, -0.15) is 4.31 Å². The Hall–Kier alpha value is -2.59. The lowest BCUT2D eigenvalue weighted by molar-refractivity contribution is -0.122. The van der Waals surface area contributed by atoms with E-state index >= 15 is 0 Å². The fourth-order valence-electron chi connectivity index (χ4n) is 3.58. The van der Waals surface area contributed by atoms with E-state index in [9.17, 15) is 22.4 Å². The first-order valence-corrected chi connectivity index (χ1v) is 12.4. The van der Waals surface area contributed by atoms with Gasteiger partial charge in [-0.3, -0.25) is 9.59 Å². The molecule has 1 heterocycles. The van der Waals surface area contributed by atoms with Gasteiger partial charge in [-0.25, -0.2) is 17.7 Å². The van der Waals surface area contributed by atoms with Crippen molar-refractivity contribution in [2.75, 3.05) is 4.90 Å². The number of rotatable bonds is 6. The first kappa shape index (κ1) is 23.6. The Bertz CT molecular complexity index is 1300. The lowest BCUT2D eigenvalue weighted by atomic mass is 10.2. The van der Waals surface area contributed by atoms with E-state index in [1.807, 2.05) is 0 Å². The lowest BCUT2D eigenvalue weighted by Crippen LogP contribution is -2.45. The highest BCUT2D eigenvalue weighted by Crippen LogP contribution is 2.31. The third-order valence-corrected chi connectivity index (χ3v) is 7.88. The summed E-state index contributed by atoms with van der Waals surface area (Å²) in [6.45, 7) is -0.219. The average Bonchev–Trinajstić information content (AvgIpc) is 3.07. The van der Waals surface area contributed by atoms with Crippen LogP contribution in [0.4, 0.5) is 10.1 Å². The highest BCUT2D eigenvalue weighted by molar-refractivity contribution is 9.10. The van der Waals surface area contributed by atoms with Gasteiger partial charge in [-0.05, 0) is 66.2 Å². The minimum atomic E-state index is -4.20. The van der Waals surface area contributed by atoms with Crippen molar-refractivity contribution in [3.05, 3.63) is 93.7 Å². The summed E-state index contributed by atoms with van der Waals surface area (Å²) in [7, 11) is -4.20. The summed E-state index contributed by atoms with van der Waals surface area (Å²) >= 11 is 9.21. The van der Waals surface area contributed by atoms with Crippen LogP contribution in [0.3, 0.4) is 0 Å². The topological polar surface area (TPSA) is 74.8 Å². The molecule has 1 aliphatic heterocycles. The molecule has 3 aromatic carbocycles. The van der Waals surface area contributed by atoms with Crippen LogP contribution in [0.25, 0.3) is 0 Å². The van der Waals surface area contributed by atoms with Crippen molar-refractivity contribution in [1.82, 2.24) is 4.31 Å². The fraction of sp³-hybridized carbons (Fsp3) is 0.130. The normalized spacial score (nSPS) is 16.6. The van der Waals surface area contributed by atoms with Crippen LogP contribution < -0.4 is 4.90 Å². The van der Waals surface area contributed by atoms with Gasteiger partial charge in [0, 0.05) is 16.0 Å². The summed E-state index contributed by atoms with van der Waals surface area (Å²) < 4.78 is 42.3. The summed E-state index contributed by atoms with van der Waals surface area (Å²) in [6, 6.07) is 16.1. The number of benzene rings is 3. The number of imide groups is 1. The van der Waals surface area contributed by atoms with Crippen molar-refractivity contribution in [3.8, 4) is 0 Å². The van der Waals surface area contributed by atoms with Crippen molar-refractivity contribution in [3.63, 3.8) is 0 Å². The Morgan fingerprint density at radius 1 is 0.970 bits per heavy atom. The van der Waals surface area contributed by atoms with Crippen LogP contribution in [0.2, 0.25) is 5.02 Å². The smallest absolute Gasteiger partial charge is 0.252 e. The second-order valence-electron chi connectivity index (χ2n) is 7.39. The van der Waals surface area contributed by atoms with E-state index in [2.05, 4.69) is 15.9 Å². The molecule has 6 nitrogen and oxygen atoms in total. The molecule has 1 fully saturated rings. The first-order valence-electron chi connectivity index (χ1n) is 9.81. The second-order valence-corrected chi connectivity index (χ2v) is 10.6. The van der Waals surface area contributed by atoms with E-state index in [0.29, 0.717) is 16.3 Å². The summed E-state index contributed by atoms with van der Waals surface area (Å²) in [6.07, 6.45) is -0.317. The van der Waals surface area contributed by atoms with E-state index in [-0.39, 0.29) is 17.9 Å². The minimum absolute atomic E-state index is 0.0728. The Morgan fingerprint density at radius 2 is 1.58 bits per heavy atom. The Kier molecular flexibility index (Phi) is 6.67. The van der Waals surface area contributed by atoms with E-state index in [4.69, 9.17) is 11.6 Å². The molecule has 0 aliphatic carbocycles. The van der Waals surface area contributed by atoms with Gasteiger partial charge >= 0.3 is 0 Å². The van der Waals surface area contributed by atoms with E-state index in [1.165, 1.54) is 48.5 Å². The van der Waals surface area contributed by atoms with Crippen molar-refractivity contribution in [1.29, 1.82) is 0 Å². The molecule has 0 spiro atoms. The molecular formula is C23H17BrClFN2O4S. The molecule has 1 unspecified atom stereocenters. The zero-order chi connectivity index (χ0) is 23.8. The molecule has 0 saturated carbocycles. The van der Waals surface area contributed by atoms with Crippen molar-refractivity contribution in [2.45, 2.75) is 23.9 Å². The molecule has 33 heavy (non-hydrogen) atoms. The van der Waals surface area contributed by atoms with Crippen LogP contribution >= 0.6 is 27.5 Å². The largest absolute Gasteiger partial charge is 0.274 e. The minimum Gasteiger partial charge on any atom is -0.274 e. The SMILES string of the molecule is O=C1CC(N(Cc2ccc(F)cc2)S(=O)(=O)c2ccc(Cl)cc2)C(=O)N1c1ccc(Br)cc1. The molecule has 0 N–H and O–H groups in total. The highest BCUT2D eigenvalue weighted by atomic mass is 79.9. The van der Waals surface area contributed by atoms with Gasteiger partial charge in [-0.1, -0.05) is 39.7 Å². The van der Waals surface area contributed by atoms with Gasteiger partial charge in [0.05, 0.1) is 17.0 Å². The third kappa shape index (κ3) is 4.86. The fourth-order valence-corrected chi connectivity index (χ4v) is 5.54. The predicted octanol–water partition coefficient (Wildman–Crippen LogP) is 4.76.